The number of ether oxygens (including phenoxy) is 1. The molecule has 1 rings (SSSR count). The zero-order valence-corrected chi connectivity index (χ0v) is 13.5. The van der Waals surface area contributed by atoms with Gasteiger partial charge < -0.3 is 4.74 Å². The van der Waals surface area contributed by atoms with Gasteiger partial charge in [0, 0.05) is 0 Å². The fourth-order valence-electron chi connectivity index (χ4n) is 2.17. The smallest absolute Gasteiger partial charge is 0.376 e. The molecule has 0 fully saturated rings. The lowest BCUT2D eigenvalue weighted by atomic mass is 10.1. The number of carbonyl (C=O) groups excluding carboxylic acids is 1. The molecule has 0 saturated heterocycles. The second kappa shape index (κ2) is 12.0. The number of rotatable bonds is 12. The van der Waals surface area contributed by atoms with Gasteiger partial charge in [-0.05, 0) is 18.6 Å². The van der Waals surface area contributed by atoms with Crippen molar-refractivity contribution in [3.8, 4) is 5.75 Å². The predicted molar refractivity (Wildman–Crippen MR) is 86.7 cm³/mol. The summed E-state index contributed by atoms with van der Waals surface area (Å²) in [5, 5.41) is 0. The quantitative estimate of drug-likeness (QED) is 0.318. The van der Waals surface area contributed by atoms with Gasteiger partial charge in [0.15, 0.2) is 0 Å². The van der Waals surface area contributed by atoms with E-state index in [4.69, 9.17) is 14.5 Å². The molecule has 1 radical (unpaired) electrons. The van der Waals surface area contributed by atoms with E-state index in [-0.39, 0.29) is 0 Å². The molecule has 0 bridgehead atoms. The van der Waals surface area contributed by atoms with Crippen molar-refractivity contribution in [1.29, 1.82) is 0 Å². The van der Waals surface area contributed by atoms with Gasteiger partial charge in [0.25, 0.3) is 0 Å². The van der Waals surface area contributed by atoms with Crippen LogP contribution >= 0.6 is 0 Å². The zero-order chi connectivity index (χ0) is 16.0. The highest BCUT2D eigenvalue weighted by Crippen LogP contribution is 2.18. The van der Waals surface area contributed by atoms with Crippen molar-refractivity contribution in [2.24, 2.45) is 0 Å². The molecule has 0 aliphatic carbocycles. The van der Waals surface area contributed by atoms with Gasteiger partial charge in [-0.3, -0.25) is 4.89 Å². The zero-order valence-electron chi connectivity index (χ0n) is 13.5. The monoisotopic (exact) mass is 307 g/mol. The van der Waals surface area contributed by atoms with Crippen LogP contribution in [0.3, 0.4) is 0 Å². The number of benzene rings is 1. The maximum atomic E-state index is 11.8. The Morgan fingerprint density at radius 1 is 1.00 bits per heavy atom. The standard InChI is InChI=1S/C18H27O4/c1-3-4-5-6-7-8-9-12-15-21-22-18(19)16-13-10-11-14-17(16)20-2/h10-11,13-14H,1,3-9,12,15H2,2H3. The van der Waals surface area contributed by atoms with E-state index in [1.807, 2.05) is 0 Å². The van der Waals surface area contributed by atoms with Crippen LogP contribution in [0.15, 0.2) is 24.3 Å². The summed E-state index contributed by atoms with van der Waals surface area (Å²) in [6.07, 6.45) is 9.25. The molecule has 0 amide bonds. The molecule has 0 N–H and O–H groups in total. The second-order valence-corrected chi connectivity index (χ2v) is 5.22. The highest BCUT2D eigenvalue weighted by molar-refractivity contribution is 5.92. The van der Waals surface area contributed by atoms with E-state index in [0.29, 0.717) is 17.9 Å². The number of para-hydroxylation sites is 1. The molecule has 0 heterocycles. The van der Waals surface area contributed by atoms with E-state index < -0.39 is 5.97 Å². The summed E-state index contributed by atoms with van der Waals surface area (Å²) in [4.78, 5) is 21.6. The Hall–Kier alpha value is -1.55. The number of hydrogen-bond acceptors (Lipinski definition) is 4. The molecular formula is C18H27O4. The van der Waals surface area contributed by atoms with Crippen LogP contribution < -0.4 is 4.74 Å². The largest absolute Gasteiger partial charge is 0.496 e. The van der Waals surface area contributed by atoms with Gasteiger partial charge in [0.05, 0.1) is 13.7 Å². The van der Waals surface area contributed by atoms with Gasteiger partial charge in [-0.1, -0.05) is 64.0 Å². The summed E-state index contributed by atoms with van der Waals surface area (Å²) in [6, 6.07) is 6.92. The molecule has 0 aliphatic rings. The van der Waals surface area contributed by atoms with Gasteiger partial charge in [-0.15, -0.1) is 0 Å². The highest BCUT2D eigenvalue weighted by atomic mass is 17.2. The third-order valence-corrected chi connectivity index (χ3v) is 3.44. The number of methoxy groups -OCH3 is 1. The molecule has 0 unspecified atom stereocenters. The maximum absolute atomic E-state index is 11.8. The first-order chi connectivity index (χ1) is 10.8. The van der Waals surface area contributed by atoms with Gasteiger partial charge in [0.1, 0.15) is 11.3 Å². The van der Waals surface area contributed by atoms with Crippen molar-refractivity contribution >= 4 is 5.97 Å². The Bertz CT molecular complexity index is 417. The average molecular weight is 307 g/mol. The van der Waals surface area contributed by atoms with Crippen molar-refractivity contribution in [2.75, 3.05) is 13.7 Å². The van der Waals surface area contributed by atoms with E-state index in [1.165, 1.54) is 39.2 Å². The Labute approximate surface area is 133 Å². The number of unbranched alkanes of at least 4 members (excludes halogenated alkanes) is 7. The summed E-state index contributed by atoms with van der Waals surface area (Å²) < 4.78 is 5.11. The van der Waals surface area contributed by atoms with Crippen LogP contribution in [0.5, 0.6) is 5.75 Å². The van der Waals surface area contributed by atoms with Crippen LogP contribution in [-0.4, -0.2) is 19.7 Å². The van der Waals surface area contributed by atoms with Gasteiger partial charge in [0.2, 0.25) is 0 Å². The van der Waals surface area contributed by atoms with Crippen molar-refractivity contribution in [2.45, 2.75) is 51.4 Å². The van der Waals surface area contributed by atoms with Gasteiger partial charge >= 0.3 is 5.97 Å². The fraction of sp³-hybridized carbons (Fsp3) is 0.556. The van der Waals surface area contributed by atoms with E-state index in [2.05, 4.69) is 6.92 Å². The van der Waals surface area contributed by atoms with Crippen molar-refractivity contribution in [1.82, 2.24) is 0 Å². The normalized spacial score (nSPS) is 10.5. The molecule has 22 heavy (non-hydrogen) atoms. The van der Waals surface area contributed by atoms with E-state index in [1.54, 1.807) is 24.3 Å². The summed E-state index contributed by atoms with van der Waals surface area (Å²) in [6.45, 7) is 4.26. The first kappa shape index (κ1) is 18.5. The van der Waals surface area contributed by atoms with Crippen molar-refractivity contribution in [3.63, 3.8) is 0 Å². The van der Waals surface area contributed by atoms with Crippen LogP contribution in [0.2, 0.25) is 0 Å². The van der Waals surface area contributed by atoms with E-state index in [9.17, 15) is 4.79 Å². The topological polar surface area (TPSA) is 44.8 Å². The molecular weight excluding hydrogens is 280 g/mol. The van der Waals surface area contributed by atoms with Gasteiger partial charge in [-0.25, -0.2) is 4.79 Å². The number of carbonyl (C=O) groups is 1. The van der Waals surface area contributed by atoms with Crippen LogP contribution in [-0.2, 0) is 9.78 Å². The van der Waals surface area contributed by atoms with Crippen LogP contribution in [0, 0.1) is 6.92 Å². The lowest BCUT2D eigenvalue weighted by molar-refractivity contribution is -0.241. The molecule has 0 saturated carbocycles. The minimum atomic E-state index is -0.523. The second-order valence-electron chi connectivity index (χ2n) is 5.22. The minimum absolute atomic E-state index is 0.371. The fourth-order valence-corrected chi connectivity index (χ4v) is 2.17. The first-order valence-corrected chi connectivity index (χ1v) is 8.05. The average Bonchev–Trinajstić information content (AvgIpc) is 2.56. The predicted octanol–water partition coefficient (Wildman–Crippen LogP) is 4.74. The maximum Gasteiger partial charge on any atom is 0.376 e. The highest BCUT2D eigenvalue weighted by Gasteiger charge is 2.13. The Balaban J connectivity index is 2.06. The molecule has 0 spiro atoms. The minimum Gasteiger partial charge on any atom is -0.496 e. The summed E-state index contributed by atoms with van der Waals surface area (Å²) >= 11 is 0. The molecule has 0 atom stereocenters. The Morgan fingerprint density at radius 2 is 1.64 bits per heavy atom. The third-order valence-electron chi connectivity index (χ3n) is 3.44. The summed E-state index contributed by atoms with van der Waals surface area (Å²) in [7, 11) is 1.52. The molecule has 4 nitrogen and oxygen atoms in total. The SMILES string of the molecule is [CH2]CCCCCCCCCOOC(=O)c1ccccc1OC. The molecule has 1 aromatic rings. The lowest BCUT2D eigenvalue weighted by Crippen LogP contribution is -2.08. The van der Waals surface area contributed by atoms with Crippen molar-refractivity contribution in [3.05, 3.63) is 36.8 Å². The Morgan fingerprint density at radius 3 is 2.32 bits per heavy atom. The van der Waals surface area contributed by atoms with Crippen LogP contribution in [0.1, 0.15) is 61.7 Å². The molecule has 4 heteroatoms. The third kappa shape index (κ3) is 7.46. The Kier molecular flexibility index (Phi) is 10.1. The van der Waals surface area contributed by atoms with Crippen molar-refractivity contribution < 1.29 is 19.3 Å². The lowest BCUT2D eigenvalue weighted by Gasteiger charge is -2.07. The number of hydrogen-bond donors (Lipinski definition) is 0. The van der Waals surface area contributed by atoms with Crippen LogP contribution in [0.25, 0.3) is 0 Å². The molecule has 0 aromatic heterocycles. The summed E-state index contributed by atoms with van der Waals surface area (Å²) in [5.41, 5.74) is 0.371. The molecule has 123 valence electrons. The first-order valence-electron chi connectivity index (χ1n) is 8.05. The van der Waals surface area contributed by atoms with E-state index >= 15 is 0 Å². The molecule has 1 aromatic carbocycles. The van der Waals surface area contributed by atoms with Crippen LogP contribution in [0.4, 0.5) is 0 Å². The van der Waals surface area contributed by atoms with Gasteiger partial charge in [-0.2, -0.15) is 4.89 Å². The summed E-state index contributed by atoms with van der Waals surface area (Å²) in [5.74, 6) is -0.0380. The van der Waals surface area contributed by atoms with E-state index in [0.717, 1.165) is 19.3 Å². The molecule has 0 aliphatic heterocycles.